The number of ether oxygens (including phenoxy) is 3. The molecule has 0 radical (unpaired) electrons. The molecule has 7 N–H and O–H groups in total. The molecule has 0 aromatic carbocycles. The molecule has 2 fully saturated rings. The first kappa shape index (κ1) is 19.0. The van der Waals surface area contributed by atoms with Crippen molar-refractivity contribution >= 4 is 0 Å². The van der Waals surface area contributed by atoms with E-state index in [0.717, 1.165) is 6.26 Å². The van der Waals surface area contributed by atoms with Crippen LogP contribution in [0.25, 0.3) is 0 Å². The zero-order valence-electron chi connectivity index (χ0n) is 13.5. The Balaban J connectivity index is 1.81. The second-order valence-corrected chi connectivity index (χ2v) is 7.08. The van der Waals surface area contributed by atoms with Gasteiger partial charge in [0, 0.05) is 6.42 Å². The van der Waals surface area contributed by atoms with Gasteiger partial charge in [0.25, 0.3) is 0 Å². The maximum absolute atomic E-state index is 10.7. The Kier molecular flexibility index (Phi) is 4.86. The third-order valence-corrected chi connectivity index (χ3v) is 5.25. The number of aliphatic hydroxyl groups is 7. The Bertz CT molecular complexity index is 522. The summed E-state index contributed by atoms with van der Waals surface area (Å²) in [7, 11) is 0. The SMILES string of the molecule is C[C@]1(O)C[C@@H](O)[C@]2(O)C=CO[C@@H](O[C@@H]3O[C@H](CO)[C@@H](O)[C@H](O)[C@H]3O)[C@@H]21. The Labute approximate surface area is 143 Å². The molecule has 10 heteroatoms. The maximum Gasteiger partial charge on any atom is 0.210 e. The summed E-state index contributed by atoms with van der Waals surface area (Å²) >= 11 is 0. The summed E-state index contributed by atoms with van der Waals surface area (Å²) in [6.45, 7) is 0.783. The largest absolute Gasteiger partial charge is 0.472 e. The first-order valence-electron chi connectivity index (χ1n) is 8.04. The molecule has 0 aromatic rings. The van der Waals surface area contributed by atoms with Crippen LogP contribution in [-0.4, -0.2) is 96.7 Å². The zero-order valence-corrected chi connectivity index (χ0v) is 13.5. The number of aliphatic hydroxyl groups excluding tert-OH is 5. The van der Waals surface area contributed by atoms with Crippen molar-refractivity contribution in [2.24, 2.45) is 5.92 Å². The molecule has 3 rings (SSSR count). The van der Waals surface area contributed by atoms with Gasteiger partial charge in [0.15, 0.2) is 6.29 Å². The molecule has 0 spiro atoms. The van der Waals surface area contributed by atoms with Crippen LogP contribution in [0, 0.1) is 5.92 Å². The predicted octanol–water partition coefficient (Wildman–Crippen LogP) is -3.46. The lowest BCUT2D eigenvalue weighted by atomic mass is 9.81. The predicted molar refractivity (Wildman–Crippen MR) is 78.6 cm³/mol. The van der Waals surface area contributed by atoms with Crippen LogP contribution in [0.15, 0.2) is 12.3 Å². The molecule has 1 saturated carbocycles. The van der Waals surface area contributed by atoms with Crippen molar-refractivity contribution in [3.8, 4) is 0 Å². The fourth-order valence-corrected chi connectivity index (χ4v) is 3.84. The van der Waals surface area contributed by atoms with Crippen LogP contribution in [0.4, 0.5) is 0 Å². The van der Waals surface area contributed by atoms with E-state index in [4.69, 9.17) is 14.2 Å². The lowest BCUT2D eigenvalue weighted by Gasteiger charge is -2.45. The van der Waals surface area contributed by atoms with E-state index in [-0.39, 0.29) is 6.42 Å². The molecule has 0 unspecified atom stereocenters. The summed E-state index contributed by atoms with van der Waals surface area (Å²) < 4.78 is 16.0. The van der Waals surface area contributed by atoms with Crippen molar-refractivity contribution < 1.29 is 50.0 Å². The quantitative estimate of drug-likeness (QED) is 0.267. The number of rotatable bonds is 3. The zero-order chi connectivity index (χ0) is 18.6. The van der Waals surface area contributed by atoms with Crippen molar-refractivity contribution in [3.63, 3.8) is 0 Å². The van der Waals surface area contributed by atoms with Crippen LogP contribution in [0.1, 0.15) is 13.3 Å². The summed E-state index contributed by atoms with van der Waals surface area (Å²) in [6, 6.07) is 0. The Hall–Kier alpha value is -0.820. The van der Waals surface area contributed by atoms with Crippen molar-refractivity contribution in [3.05, 3.63) is 12.3 Å². The molecule has 3 aliphatic rings. The fraction of sp³-hybridized carbons (Fsp3) is 0.867. The van der Waals surface area contributed by atoms with E-state index in [0.29, 0.717) is 0 Å². The average molecular weight is 364 g/mol. The minimum atomic E-state index is -1.81. The van der Waals surface area contributed by atoms with Gasteiger partial charge < -0.3 is 50.0 Å². The first-order valence-corrected chi connectivity index (χ1v) is 8.04. The monoisotopic (exact) mass is 364 g/mol. The second-order valence-electron chi connectivity index (χ2n) is 7.08. The molecule has 2 aliphatic heterocycles. The van der Waals surface area contributed by atoms with E-state index in [1.54, 1.807) is 0 Å². The molecule has 2 heterocycles. The highest BCUT2D eigenvalue weighted by atomic mass is 16.8. The van der Waals surface area contributed by atoms with Gasteiger partial charge in [-0.25, -0.2) is 0 Å². The first-order chi connectivity index (χ1) is 11.6. The van der Waals surface area contributed by atoms with Gasteiger partial charge >= 0.3 is 0 Å². The van der Waals surface area contributed by atoms with E-state index in [9.17, 15) is 35.7 Å². The Morgan fingerprint density at radius 2 is 1.76 bits per heavy atom. The normalized spacial score (nSPS) is 55.7. The molecule has 10 nitrogen and oxygen atoms in total. The summed E-state index contributed by atoms with van der Waals surface area (Å²) in [6.07, 6.45) is -7.87. The van der Waals surface area contributed by atoms with Gasteiger partial charge in [0.05, 0.1) is 30.5 Å². The van der Waals surface area contributed by atoms with E-state index in [2.05, 4.69) is 0 Å². The molecule has 1 aliphatic carbocycles. The molecule has 0 aromatic heterocycles. The van der Waals surface area contributed by atoms with E-state index in [1.807, 2.05) is 0 Å². The van der Waals surface area contributed by atoms with Crippen molar-refractivity contribution in [2.45, 2.75) is 67.6 Å². The Morgan fingerprint density at radius 3 is 2.40 bits per heavy atom. The lowest BCUT2D eigenvalue weighted by molar-refractivity contribution is -0.351. The van der Waals surface area contributed by atoms with Gasteiger partial charge in [-0.15, -0.1) is 0 Å². The summed E-state index contributed by atoms with van der Waals surface area (Å²) in [4.78, 5) is 0. The standard InChI is InChI=1S/C15H24O10/c1-14(21)4-7(17)15(22)2-3-23-13(11(14)15)25-12-10(20)9(19)8(18)6(5-16)24-12/h2-3,6-13,16-22H,4-5H2,1H3/t6-,7-,8-,9+,10-,11-,12+,13+,14+,15-/m1/s1. The molecular weight excluding hydrogens is 340 g/mol. The lowest BCUT2D eigenvalue weighted by Crippen LogP contribution is -2.61. The molecule has 144 valence electrons. The molecule has 10 atom stereocenters. The van der Waals surface area contributed by atoms with E-state index >= 15 is 0 Å². The number of fused-ring (bicyclic) bond motifs is 1. The van der Waals surface area contributed by atoms with Crippen LogP contribution < -0.4 is 0 Å². The molecular formula is C15H24O10. The number of hydrogen-bond donors (Lipinski definition) is 7. The Morgan fingerprint density at radius 1 is 1.08 bits per heavy atom. The van der Waals surface area contributed by atoms with Gasteiger partial charge in [0.1, 0.15) is 30.0 Å². The minimum absolute atomic E-state index is 0.129. The third-order valence-electron chi connectivity index (χ3n) is 5.25. The highest BCUT2D eigenvalue weighted by Crippen LogP contribution is 2.49. The third kappa shape index (κ3) is 2.97. The van der Waals surface area contributed by atoms with Gasteiger partial charge in [-0.1, -0.05) is 0 Å². The van der Waals surface area contributed by atoms with Gasteiger partial charge in [-0.3, -0.25) is 0 Å². The van der Waals surface area contributed by atoms with Crippen LogP contribution in [-0.2, 0) is 14.2 Å². The van der Waals surface area contributed by atoms with E-state index < -0.39 is 66.8 Å². The summed E-state index contributed by atoms with van der Waals surface area (Å²) in [5.41, 5.74) is -3.35. The average Bonchev–Trinajstić information content (AvgIpc) is 2.73. The van der Waals surface area contributed by atoms with Crippen molar-refractivity contribution in [1.29, 1.82) is 0 Å². The second kappa shape index (κ2) is 6.41. The molecule has 0 bridgehead atoms. The molecule has 25 heavy (non-hydrogen) atoms. The highest BCUT2D eigenvalue weighted by molar-refractivity contribution is 5.21. The molecule has 0 amide bonds. The van der Waals surface area contributed by atoms with Gasteiger partial charge in [0.2, 0.25) is 6.29 Å². The summed E-state index contributed by atoms with van der Waals surface area (Å²) in [5, 5.41) is 70.2. The van der Waals surface area contributed by atoms with Gasteiger partial charge in [-0.2, -0.15) is 0 Å². The van der Waals surface area contributed by atoms with Crippen molar-refractivity contribution in [2.75, 3.05) is 6.61 Å². The van der Waals surface area contributed by atoms with Crippen LogP contribution >= 0.6 is 0 Å². The summed E-state index contributed by atoms with van der Waals surface area (Å²) in [5.74, 6) is -1.10. The fourth-order valence-electron chi connectivity index (χ4n) is 3.84. The van der Waals surface area contributed by atoms with Crippen LogP contribution in [0.3, 0.4) is 0 Å². The number of hydrogen-bond acceptors (Lipinski definition) is 10. The van der Waals surface area contributed by atoms with Gasteiger partial charge in [-0.05, 0) is 13.0 Å². The van der Waals surface area contributed by atoms with E-state index in [1.165, 1.54) is 13.0 Å². The minimum Gasteiger partial charge on any atom is -0.472 e. The topological polar surface area (TPSA) is 169 Å². The molecule has 1 saturated heterocycles. The van der Waals surface area contributed by atoms with Crippen LogP contribution in [0.5, 0.6) is 0 Å². The highest BCUT2D eigenvalue weighted by Gasteiger charge is 2.64. The van der Waals surface area contributed by atoms with Crippen molar-refractivity contribution in [1.82, 2.24) is 0 Å². The van der Waals surface area contributed by atoms with Crippen LogP contribution in [0.2, 0.25) is 0 Å². The maximum atomic E-state index is 10.7. The smallest absolute Gasteiger partial charge is 0.210 e.